The molecule has 2 heterocycles. The highest BCUT2D eigenvalue weighted by molar-refractivity contribution is 5.85. The van der Waals surface area contributed by atoms with E-state index in [0.29, 0.717) is 19.7 Å². The molecule has 35 heavy (non-hydrogen) atoms. The van der Waals surface area contributed by atoms with Crippen molar-refractivity contribution in [1.29, 1.82) is 0 Å². The van der Waals surface area contributed by atoms with Crippen molar-refractivity contribution in [1.82, 2.24) is 15.1 Å². The zero-order chi connectivity index (χ0) is 25.0. The van der Waals surface area contributed by atoms with Crippen LogP contribution in [0.15, 0.2) is 28.2 Å². The smallest absolute Gasteiger partial charge is 0.234 e. The third kappa shape index (κ3) is 9.21. The number of anilines is 1. The number of morpholine rings is 1. The summed E-state index contributed by atoms with van der Waals surface area (Å²) in [6.07, 6.45) is 1.06. The highest BCUT2D eigenvalue weighted by Gasteiger charge is 2.22. The van der Waals surface area contributed by atoms with Crippen LogP contribution in [0.3, 0.4) is 0 Å². The summed E-state index contributed by atoms with van der Waals surface area (Å²) in [6.45, 7) is 16.8. The predicted octanol–water partition coefficient (Wildman–Crippen LogP) is 1.22. The van der Waals surface area contributed by atoms with Gasteiger partial charge in [-0.1, -0.05) is 0 Å². The Hall–Kier alpha value is -2.53. The minimum Gasteiger partial charge on any atom is -0.379 e. The monoisotopic (exact) mass is 487 g/mol. The average Bonchev–Trinajstić information content (AvgIpc) is 2.85. The number of carbonyl (C=O) groups excluding carboxylic acids is 1. The van der Waals surface area contributed by atoms with Crippen LogP contribution < -0.4 is 16.0 Å². The van der Waals surface area contributed by atoms with E-state index in [4.69, 9.17) is 15.2 Å². The van der Waals surface area contributed by atoms with Crippen LogP contribution in [0.25, 0.3) is 0 Å². The molecule has 10 heteroatoms. The molecule has 2 saturated heterocycles. The van der Waals surface area contributed by atoms with Crippen molar-refractivity contribution in [3.05, 3.63) is 23.8 Å². The number of hydrogen-bond acceptors (Lipinski definition) is 7. The largest absolute Gasteiger partial charge is 0.379 e. The van der Waals surface area contributed by atoms with E-state index >= 15 is 0 Å². The first kappa shape index (κ1) is 27.1. The fourth-order valence-corrected chi connectivity index (χ4v) is 4.27. The van der Waals surface area contributed by atoms with Crippen LogP contribution in [0.2, 0.25) is 0 Å². The zero-order valence-electron chi connectivity index (χ0n) is 21.2. The zero-order valence-corrected chi connectivity index (χ0v) is 21.2. The molecular weight excluding hydrogens is 446 g/mol. The molecule has 0 aliphatic carbocycles. The van der Waals surface area contributed by atoms with E-state index in [9.17, 15) is 4.79 Å². The van der Waals surface area contributed by atoms with Crippen LogP contribution in [0, 0.1) is 0 Å². The number of benzene rings is 1. The lowest BCUT2D eigenvalue weighted by Gasteiger charge is -2.36. The number of nitrogens with two attached hydrogens (primary N) is 1. The van der Waals surface area contributed by atoms with Crippen LogP contribution in [0.5, 0.6) is 0 Å². The predicted molar refractivity (Wildman–Crippen MR) is 141 cm³/mol. The van der Waals surface area contributed by atoms with Gasteiger partial charge in [0.05, 0.1) is 31.5 Å². The molecule has 2 aliphatic rings. The van der Waals surface area contributed by atoms with Gasteiger partial charge in [-0.3, -0.25) is 14.6 Å². The van der Waals surface area contributed by atoms with Crippen molar-refractivity contribution in [3.63, 3.8) is 0 Å². The molecule has 3 N–H and O–H groups in total. The second-order valence-corrected chi connectivity index (χ2v) is 9.22. The van der Waals surface area contributed by atoms with E-state index < -0.39 is 0 Å². The third-order valence-electron chi connectivity index (χ3n) is 6.14. The summed E-state index contributed by atoms with van der Waals surface area (Å²) in [6, 6.07) is 6.17. The van der Waals surface area contributed by atoms with Crippen LogP contribution in [-0.4, -0.2) is 107 Å². The Morgan fingerprint density at radius 1 is 1.17 bits per heavy atom. The molecule has 0 unspecified atom stereocenters. The second kappa shape index (κ2) is 14.1. The molecule has 1 aromatic carbocycles. The van der Waals surface area contributed by atoms with E-state index in [2.05, 4.69) is 48.9 Å². The first-order valence-electron chi connectivity index (χ1n) is 12.5. The molecule has 0 bridgehead atoms. The van der Waals surface area contributed by atoms with Gasteiger partial charge in [-0.15, -0.1) is 0 Å². The molecule has 0 atom stereocenters. The molecule has 194 valence electrons. The van der Waals surface area contributed by atoms with Crippen molar-refractivity contribution >= 4 is 30.0 Å². The number of carbonyl (C=O) groups is 1. The van der Waals surface area contributed by atoms with Gasteiger partial charge < -0.3 is 25.4 Å². The van der Waals surface area contributed by atoms with Crippen LogP contribution in [0.1, 0.15) is 25.8 Å². The Kier molecular flexibility index (Phi) is 10.9. The maximum atomic E-state index is 12.3. The molecule has 0 saturated carbocycles. The Bertz CT molecular complexity index is 847. The fourth-order valence-electron chi connectivity index (χ4n) is 4.27. The third-order valence-corrected chi connectivity index (χ3v) is 6.14. The summed E-state index contributed by atoms with van der Waals surface area (Å²) >= 11 is 0. The number of nitrogens with one attached hydrogen (secondary N) is 1. The van der Waals surface area contributed by atoms with Gasteiger partial charge in [0.2, 0.25) is 11.9 Å². The molecule has 1 aromatic rings. The van der Waals surface area contributed by atoms with Crippen LogP contribution in [0.4, 0.5) is 11.4 Å². The fraction of sp³-hybridized carbons (Fsp3) is 0.640. The SMILES string of the molecule is C=NC(N)=Nc1ccc(N2CCOCC2)c(CN2CCN(CC(=O)NCCCOC(C)C)CC2)c1. The van der Waals surface area contributed by atoms with Gasteiger partial charge >= 0.3 is 0 Å². The van der Waals surface area contributed by atoms with Crippen molar-refractivity contribution in [2.75, 3.05) is 77.1 Å². The molecule has 10 nitrogen and oxygen atoms in total. The lowest BCUT2D eigenvalue weighted by molar-refractivity contribution is -0.122. The Labute approximate surface area is 209 Å². The number of ether oxygens (including phenoxy) is 2. The number of rotatable bonds is 11. The molecule has 1 amide bonds. The van der Waals surface area contributed by atoms with E-state index in [0.717, 1.165) is 71.1 Å². The summed E-state index contributed by atoms with van der Waals surface area (Å²) in [7, 11) is 0. The molecule has 0 spiro atoms. The van der Waals surface area contributed by atoms with Crippen LogP contribution in [-0.2, 0) is 20.8 Å². The molecule has 0 radical (unpaired) electrons. The lowest BCUT2D eigenvalue weighted by atomic mass is 10.1. The number of amides is 1. The van der Waals surface area contributed by atoms with Gasteiger partial charge in [0.15, 0.2) is 0 Å². The summed E-state index contributed by atoms with van der Waals surface area (Å²) in [5, 5.41) is 3.00. The van der Waals surface area contributed by atoms with Crippen molar-refractivity contribution in [2.45, 2.75) is 32.9 Å². The van der Waals surface area contributed by atoms with Gasteiger partial charge in [-0.05, 0) is 50.7 Å². The topological polar surface area (TPSA) is 108 Å². The van der Waals surface area contributed by atoms with Gasteiger partial charge in [0.25, 0.3) is 0 Å². The normalized spacial score (nSPS) is 18.1. The molecule has 0 aromatic heterocycles. The van der Waals surface area contributed by atoms with Gasteiger partial charge in [-0.25, -0.2) is 9.98 Å². The standard InChI is InChI=1S/C25H41N7O3/c1-20(2)35-14-4-7-28-24(33)19-31-10-8-30(9-11-31)18-21-17-22(29-25(26)27-3)5-6-23(21)32-12-15-34-16-13-32/h5-6,17,20H,3-4,7-16,18-19H2,1-2H3,(H2,26,29)(H,28,33). The van der Waals surface area contributed by atoms with E-state index in [1.165, 1.54) is 11.3 Å². The van der Waals surface area contributed by atoms with E-state index in [1.807, 2.05) is 19.9 Å². The first-order chi connectivity index (χ1) is 16.9. The highest BCUT2D eigenvalue weighted by atomic mass is 16.5. The van der Waals surface area contributed by atoms with Crippen molar-refractivity contribution < 1.29 is 14.3 Å². The minimum absolute atomic E-state index is 0.0802. The summed E-state index contributed by atoms with van der Waals surface area (Å²) < 4.78 is 11.1. The number of piperazine rings is 1. The van der Waals surface area contributed by atoms with Crippen molar-refractivity contribution in [2.24, 2.45) is 15.7 Å². The highest BCUT2D eigenvalue weighted by Crippen LogP contribution is 2.28. The number of hydrogen-bond donors (Lipinski definition) is 2. The number of aliphatic imine (C=N–C) groups is 2. The van der Waals surface area contributed by atoms with Gasteiger partial charge in [0.1, 0.15) is 0 Å². The molecule has 2 aliphatic heterocycles. The maximum absolute atomic E-state index is 12.3. The number of guanidine groups is 1. The average molecular weight is 488 g/mol. The molecular formula is C25H41N7O3. The minimum atomic E-state index is 0.0802. The summed E-state index contributed by atoms with van der Waals surface area (Å²) in [5.41, 5.74) is 8.96. The lowest BCUT2D eigenvalue weighted by Crippen LogP contribution is -2.49. The quantitative estimate of drug-likeness (QED) is 0.274. The van der Waals surface area contributed by atoms with Crippen LogP contribution >= 0.6 is 0 Å². The summed E-state index contributed by atoms with van der Waals surface area (Å²) in [5.74, 6) is 0.242. The molecule has 3 rings (SSSR count). The van der Waals surface area contributed by atoms with E-state index in [-0.39, 0.29) is 18.0 Å². The first-order valence-corrected chi connectivity index (χ1v) is 12.5. The Morgan fingerprint density at radius 3 is 2.57 bits per heavy atom. The summed E-state index contributed by atoms with van der Waals surface area (Å²) in [4.78, 5) is 27.4. The Morgan fingerprint density at radius 2 is 1.89 bits per heavy atom. The van der Waals surface area contributed by atoms with Crippen molar-refractivity contribution in [3.8, 4) is 0 Å². The number of nitrogens with zero attached hydrogens (tertiary/aromatic N) is 5. The van der Waals surface area contributed by atoms with Gasteiger partial charge in [-0.2, -0.15) is 0 Å². The second-order valence-electron chi connectivity index (χ2n) is 9.22. The maximum Gasteiger partial charge on any atom is 0.234 e. The van der Waals surface area contributed by atoms with Gasteiger partial charge in [0, 0.05) is 64.7 Å². The van der Waals surface area contributed by atoms with E-state index in [1.54, 1.807) is 0 Å². The molecule has 2 fully saturated rings. The Balaban J connectivity index is 1.52.